The molecule has 0 aliphatic heterocycles. The summed E-state index contributed by atoms with van der Waals surface area (Å²) in [6.45, 7) is 25.3. The number of fused-ring (bicyclic) bond motifs is 1. The summed E-state index contributed by atoms with van der Waals surface area (Å²) in [5.41, 5.74) is 11.3. The summed E-state index contributed by atoms with van der Waals surface area (Å²) in [5.74, 6) is 0.319. The third-order valence-electron chi connectivity index (χ3n) is 11.7. The maximum absolute atomic E-state index is 12.7. The Morgan fingerprint density at radius 2 is 1.11 bits per heavy atom. The molecule has 0 saturated heterocycles. The van der Waals surface area contributed by atoms with Gasteiger partial charge in [-0.05, 0) is 109 Å². The summed E-state index contributed by atoms with van der Waals surface area (Å²) in [4.78, 5) is 10.4. The fourth-order valence-electron chi connectivity index (χ4n) is 8.07. The fourth-order valence-corrected chi connectivity index (χ4v) is 8.07. The molecule has 4 nitrogen and oxygen atoms in total. The Kier molecular flexibility index (Phi) is 9.71. The van der Waals surface area contributed by atoms with Crippen LogP contribution in [0.2, 0.25) is 0 Å². The van der Waals surface area contributed by atoms with E-state index in [1.54, 1.807) is 6.20 Å². The second kappa shape index (κ2) is 15.6. The number of phenols is 1. The first kappa shape index (κ1) is 38.6. The number of hydrogen-bond donors (Lipinski definition) is 1. The molecule has 0 spiro atoms. The predicted octanol–water partition coefficient (Wildman–Crippen LogP) is 15.7. The first-order valence-electron chi connectivity index (χ1n) is 23.2. The number of aromatic nitrogens is 3. The first-order valence-corrected chi connectivity index (χ1v) is 21.7. The summed E-state index contributed by atoms with van der Waals surface area (Å²) < 4.78 is 31.1. The molecule has 62 heavy (non-hydrogen) atoms. The van der Waals surface area contributed by atoms with E-state index in [-0.39, 0.29) is 28.7 Å². The Hall–Kier alpha value is -6.26. The maximum Gasteiger partial charge on any atom is 0.149 e. The van der Waals surface area contributed by atoms with Gasteiger partial charge in [-0.2, -0.15) is 0 Å². The van der Waals surface area contributed by atoms with Gasteiger partial charge in [0.2, 0.25) is 0 Å². The first-order chi connectivity index (χ1) is 30.5. The van der Waals surface area contributed by atoms with Crippen molar-refractivity contribution in [1.82, 2.24) is 14.5 Å². The van der Waals surface area contributed by atoms with E-state index in [1.807, 2.05) is 96.1 Å². The average Bonchev–Trinajstić information content (AvgIpc) is 3.61. The third-order valence-corrected chi connectivity index (χ3v) is 11.7. The molecule has 4 heteroatoms. The van der Waals surface area contributed by atoms with Crippen LogP contribution in [0, 0.1) is 0 Å². The van der Waals surface area contributed by atoms with Gasteiger partial charge in [0.1, 0.15) is 11.6 Å². The summed E-state index contributed by atoms with van der Waals surface area (Å²) in [5, 5.41) is 12.7. The lowest BCUT2D eigenvalue weighted by Gasteiger charge is -2.28. The number of para-hydroxylation sites is 1. The molecule has 8 rings (SSSR count). The second-order valence-corrected chi connectivity index (χ2v) is 20.8. The van der Waals surface area contributed by atoms with Gasteiger partial charge in [-0.15, -0.1) is 0 Å². The molecule has 0 bridgehead atoms. The molecule has 0 atom stereocenters. The van der Waals surface area contributed by atoms with Crippen molar-refractivity contribution in [3.63, 3.8) is 0 Å². The molecule has 0 aliphatic carbocycles. The smallest absolute Gasteiger partial charge is 0.149 e. The molecule has 2 aromatic heterocycles. The highest BCUT2D eigenvalue weighted by Gasteiger charge is 2.30. The number of imidazole rings is 1. The van der Waals surface area contributed by atoms with Crippen molar-refractivity contribution in [2.24, 2.45) is 0 Å². The van der Waals surface area contributed by atoms with Crippen molar-refractivity contribution >= 4 is 11.0 Å². The second-order valence-electron chi connectivity index (χ2n) is 20.8. The zero-order valence-corrected chi connectivity index (χ0v) is 38.4. The number of rotatable bonds is 6. The van der Waals surface area contributed by atoms with Gasteiger partial charge < -0.3 is 5.11 Å². The highest BCUT2D eigenvalue weighted by molar-refractivity contribution is 5.98. The van der Waals surface area contributed by atoms with E-state index >= 15 is 0 Å². The molecule has 6 aromatic carbocycles. The number of phenolic OH excluding ortho intramolecular Hbond substituents is 1. The van der Waals surface area contributed by atoms with E-state index in [0.29, 0.717) is 39.8 Å². The minimum atomic E-state index is -0.623. The van der Waals surface area contributed by atoms with E-state index in [0.717, 1.165) is 55.7 Å². The standard InChI is InChI=1S/C58H61N3O/c1-55(2,3)42-26-27-50(46(34-42)38-22-17-14-18-23-38)61-51-25-19-24-45(52(51)60-54(61)47-35-44(57(7,8)9)36-48(53(47)62)58(10,11)12)40-30-41(32-43(31-40)56(4,5)6)49-33-39(28-29-59-49)37-20-15-13-16-21-37/h13-36,62H,1-12H3/i33D,35D,36D. The molecule has 0 saturated carbocycles. The number of hydrogen-bond acceptors (Lipinski definition) is 3. The van der Waals surface area contributed by atoms with Gasteiger partial charge in [-0.25, -0.2) is 4.98 Å². The quantitative estimate of drug-likeness (QED) is 0.182. The van der Waals surface area contributed by atoms with Crippen LogP contribution in [0.3, 0.4) is 0 Å². The van der Waals surface area contributed by atoms with Crippen LogP contribution in [-0.4, -0.2) is 19.6 Å². The van der Waals surface area contributed by atoms with Crippen molar-refractivity contribution in [2.45, 2.75) is 105 Å². The predicted molar refractivity (Wildman–Crippen MR) is 263 cm³/mol. The third kappa shape index (κ3) is 8.23. The van der Waals surface area contributed by atoms with Crippen molar-refractivity contribution in [1.29, 1.82) is 0 Å². The largest absolute Gasteiger partial charge is 0.507 e. The molecule has 1 N–H and O–H groups in total. The molecular formula is C58H61N3O. The van der Waals surface area contributed by atoms with Crippen LogP contribution in [0.1, 0.15) is 109 Å². The topological polar surface area (TPSA) is 50.9 Å². The van der Waals surface area contributed by atoms with Crippen LogP contribution in [0.5, 0.6) is 5.75 Å². The van der Waals surface area contributed by atoms with Crippen LogP contribution in [0.4, 0.5) is 0 Å². The Balaban J connectivity index is 1.51. The lowest BCUT2D eigenvalue weighted by molar-refractivity contribution is 0.446. The van der Waals surface area contributed by atoms with Crippen LogP contribution < -0.4 is 0 Å². The molecule has 314 valence electrons. The monoisotopic (exact) mass is 819 g/mol. The van der Waals surface area contributed by atoms with E-state index < -0.39 is 10.8 Å². The minimum absolute atomic E-state index is 0.0862. The molecule has 0 radical (unpaired) electrons. The highest BCUT2D eigenvalue weighted by Crippen LogP contribution is 2.46. The minimum Gasteiger partial charge on any atom is -0.507 e. The van der Waals surface area contributed by atoms with Gasteiger partial charge in [0.05, 0.1) is 32.1 Å². The van der Waals surface area contributed by atoms with E-state index in [9.17, 15) is 9.22 Å². The summed E-state index contributed by atoms with van der Waals surface area (Å²) in [7, 11) is 0. The molecule has 0 unspecified atom stereocenters. The Morgan fingerprint density at radius 3 is 1.74 bits per heavy atom. The number of aromatic hydroxyl groups is 1. The summed E-state index contributed by atoms with van der Waals surface area (Å²) in [6.07, 6.45) is 1.79. The number of benzene rings is 6. The van der Waals surface area contributed by atoms with Crippen molar-refractivity contribution < 1.29 is 9.22 Å². The summed E-state index contributed by atoms with van der Waals surface area (Å²) >= 11 is 0. The van der Waals surface area contributed by atoms with E-state index in [4.69, 9.17) is 9.97 Å². The summed E-state index contributed by atoms with van der Waals surface area (Å²) in [6, 6.07) is 42.1. The molecular weight excluding hydrogens is 755 g/mol. The SMILES string of the molecule is [2H]c1c(-c2ccccc2)ccnc1-c1cc(-c2cccc3c2nc(-c2c([2H])c(C(C)(C)C)c([2H])c(C(C)(C)C)c2O)n3-c2ccc(C(C)(C)C)cc2-c2ccccc2)cc(C(C)(C)C)c1. The van der Waals surface area contributed by atoms with Gasteiger partial charge in [0.25, 0.3) is 0 Å². The van der Waals surface area contributed by atoms with Crippen molar-refractivity contribution in [2.75, 3.05) is 0 Å². The number of nitrogens with zero attached hydrogens (tertiary/aromatic N) is 3. The molecule has 8 aromatic rings. The number of pyridine rings is 1. The lowest BCUT2D eigenvalue weighted by atomic mass is 9.79. The zero-order valence-electron chi connectivity index (χ0n) is 41.4. The van der Waals surface area contributed by atoms with Crippen molar-refractivity contribution in [3.05, 3.63) is 168 Å². The molecule has 0 aliphatic rings. The van der Waals surface area contributed by atoms with Crippen molar-refractivity contribution in [3.8, 4) is 67.5 Å². The molecule has 0 fully saturated rings. The molecule has 2 heterocycles. The maximum atomic E-state index is 12.7. The average molecular weight is 819 g/mol. The van der Waals surface area contributed by atoms with E-state index in [1.165, 1.54) is 5.56 Å². The van der Waals surface area contributed by atoms with E-state index in [2.05, 4.69) is 113 Å². The zero-order chi connectivity index (χ0) is 47.0. The Bertz CT molecular complexity index is 3060. The van der Waals surface area contributed by atoms with Gasteiger partial charge >= 0.3 is 0 Å². The fraction of sp³-hybridized carbons (Fsp3) is 0.276. The van der Waals surface area contributed by atoms with Crippen LogP contribution in [0.15, 0.2) is 146 Å². The normalized spacial score (nSPS) is 13.3. The van der Waals surface area contributed by atoms with Crippen LogP contribution in [0.25, 0.3) is 72.7 Å². The highest BCUT2D eigenvalue weighted by atomic mass is 16.3. The van der Waals surface area contributed by atoms with Gasteiger partial charge in [-0.3, -0.25) is 9.55 Å². The lowest BCUT2D eigenvalue weighted by Crippen LogP contribution is -2.17. The Labute approximate surface area is 373 Å². The molecule has 0 amide bonds. The van der Waals surface area contributed by atoms with Gasteiger partial charge in [-0.1, -0.05) is 174 Å². The van der Waals surface area contributed by atoms with Gasteiger partial charge in [0.15, 0.2) is 0 Å². The van der Waals surface area contributed by atoms with Crippen LogP contribution >= 0.6 is 0 Å². The van der Waals surface area contributed by atoms with Gasteiger partial charge in [0, 0.05) is 28.5 Å². The van der Waals surface area contributed by atoms with Crippen LogP contribution in [-0.2, 0) is 21.7 Å². The Morgan fingerprint density at radius 1 is 0.484 bits per heavy atom.